The Morgan fingerprint density at radius 1 is 0.766 bits per heavy atom. The monoisotopic (exact) mass is 672 g/mol. The average molecular weight is 673 g/mol. The summed E-state index contributed by atoms with van der Waals surface area (Å²) in [6.45, 7) is -1.47. The topological polar surface area (TPSA) is 356 Å². The second-order valence-corrected chi connectivity index (χ2v) is 9.94. The minimum atomic E-state index is -1.68. The zero-order chi connectivity index (χ0) is 35.7. The molecule has 0 aliphatic heterocycles. The fraction of sp³-hybridized carbons (Fsp3) is 0.560. The number of carbonyl (C=O) groups excluding carboxylic acids is 7. The number of carboxylic acid groups (broad SMARTS) is 1. The average Bonchev–Trinajstić information content (AvgIpc) is 3.54. The van der Waals surface area contributed by atoms with E-state index in [0.717, 1.165) is 0 Å². The molecule has 1 aromatic heterocycles. The van der Waals surface area contributed by atoms with Crippen LogP contribution in [-0.2, 0) is 44.8 Å². The van der Waals surface area contributed by atoms with Crippen LogP contribution in [0.15, 0.2) is 12.5 Å². The van der Waals surface area contributed by atoms with Gasteiger partial charge in [0, 0.05) is 18.3 Å². The third kappa shape index (κ3) is 14.2. The number of hydrogen-bond acceptors (Lipinski definition) is 13. The van der Waals surface area contributed by atoms with E-state index in [-0.39, 0.29) is 6.42 Å². The summed E-state index contributed by atoms with van der Waals surface area (Å²) in [6.07, 6.45) is 1.23. The van der Waals surface area contributed by atoms with Crippen LogP contribution in [0.25, 0.3) is 0 Å². The zero-order valence-electron chi connectivity index (χ0n) is 25.4. The molecule has 22 heteroatoms. The number of aliphatic carboxylic acids is 1. The molecule has 262 valence electrons. The quantitative estimate of drug-likeness (QED) is 0.0612. The SMILES string of the molecule is C[C@H](NC(=O)[C@H](CO)NC(=O)[C@H](CO)NC(=O)CNC(=O)[C@@H](NC(=O)CN)[C@@H](C)O)C(=O)N[C@@H](Cc1cnc[nH]1)C(=O)NCC(=O)O. The number of aromatic amines is 1. The van der Waals surface area contributed by atoms with Crippen molar-refractivity contribution in [2.75, 3.05) is 32.8 Å². The molecule has 22 nitrogen and oxygen atoms in total. The van der Waals surface area contributed by atoms with Gasteiger partial charge in [-0.1, -0.05) is 0 Å². The Hall–Kier alpha value is -5.19. The van der Waals surface area contributed by atoms with E-state index in [4.69, 9.17) is 10.8 Å². The molecule has 6 atom stereocenters. The van der Waals surface area contributed by atoms with Gasteiger partial charge in [-0.15, -0.1) is 0 Å². The van der Waals surface area contributed by atoms with Crippen LogP contribution in [0.4, 0.5) is 0 Å². The van der Waals surface area contributed by atoms with Gasteiger partial charge < -0.3 is 68.4 Å². The Bertz CT molecular complexity index is 1260. The highest BCUT2D eigenvalue weighted by Crippen LogP contribution is 2.01. The van der Waals surface area contributed by atoms with Crippen LogP contribution in [0.5, 0.6) is 0 Å². The van der Waals surface area contributed by atoms with E-state index >= 15 is 0 Å². The van der Waals surface area contributed by atoms with Gasteiger partial charge in [-0.05, 0) is 13.8 Å². The number of nitrogens with two attached hydrogens (primary N) is 1. The number of aliphatic hydroxyl groups is 3. The van der Waals surface area contributed by atoms with Crippen molar-refractivity contribution in [3.63, 3.8) is 0 Å². The second kappa shape index (κ2) is 20.0. The zero-order valence-corrected chi connectivity index (χ0v) is 25.4. The van der Waals surface area contributed by atoms with Gasteiger partial charge in [-0.2, -0.15) is 0 Å². The number of carboxylic acids is 1. The number of carbonyl (C=O) groups is 8. The van der Waals surface area contributed by atoms with Crippen molar-refractivity contribution in [3.05, 3.63) is 18.2 Å². The summed E-state index contributed by atoms with van der Waals surface area (Å²) >= 11 is 0. The van der Waals surface area contributed by atoms with Crippen molar-refractivity contribution in [2.24, 2.45) is 5.73 Å². The maximum absolute atomic E-state index is 12.8. The maximum atomic E-state index is 12.8. The summed E-state index contributed by atoms with van der Waals surface area (Å²) in [6, 6.07) is -7.42. The molecule has 0 unspecified atom stereocenters. The molecule has 0 spiro atoms. The first-order valence-corrected chi connectivity index (χ1v) is 14.0. The normalized spacial score (nSPS) is 14.5. The molecule has 0 bridgehead atoms. The minimum absolute atomic E-state index is 0.114. The first-order chi connectivity index (χ1) is 22.1. The van der Waals surface area contributed by atoms with Crippen LogP contribution in [0.3, 0.4) is 0 Å². The molecule has 47 heavy (non-hydrogen) atoms. The van der Waals surface area contributed by atoms with Crippen LogP contribution in [0.2, 0.25) is 0 Å². The minimum Gasteiger partial charge on any atom is -0.480 e. The van der Waals surface area contributed by atoms with Crippen molar-refractivity contribution in [3.8, 4) is 0 Å². The Balaban J connectivity index is 2.76. The number of imidazole rings is 1. The molecule has 0 aliphatic carbocycles. The van der Waals surface area contributed by atoms with Crippen LogP contribution in [0.1, 0.15) is 19.5 Å². The first kappa shape index (κ1) is 39.8. The van der Waals surface area contributed by atoms with E-state index in [9.17, 15) is 53.7 Å². The Kier molecular flexibility index (Phi) is 17.0. The standard InChI is InChI=1S/C25H40N10O12/c1-11(21(43)33-14(3-13-5-27-10-30-13)22(44)29-7-19(41)42)31-23(45)16(9-37)34-24(46)15(8-36)32-18(40)6-28-25(47)20(12(2)38)35-17(39)4-26/h5,10-12,14-16,20,36-38H,3-4,6-9,26H2,1-2H3,(H,27,30)(H,28,47)(H,29,44)(H,31,45)(H,32,40)(H,33,43)(H,34,46)(H,35,39)(H,41,42)/t11-,12+,14-,15-,16-,20-/m0/s1. The van der Waals surface area contributed by atoms with Crippen molar-refractivity contribution in [1.82, 2.24) is 47.2 Å². The fourth-order valence-corrected chi connectivity index (χ4v) is 3.61. The molecule has 0 aliphatic rings. The van der Waals surface area contributed by atoms with E-state index in [1.165, 1.54) is 26.4 Å². The molecular formula is C25H40N10O12. The molecule has 0 aromatic carbocycles. The fourth-order valence-electron chi connectivity index (χ4n) is 3.61. The molecule has 1 heterocycles. The molecule has 0 radical (unpaired) electrons. The summed E-state index contributed by atoms with van der Waals surface area (Å²) in [7, 11) is 0. The van der Waals surface area contributed by atoms with Gasteiger partial charge in [-0.3, -0.25) is 38.4 Å². The first-order valence-electron chi connectivity index (χ1n) is 14.0. The third-order valence-electron chi connectivity index (χ3n) is 6.12. The van der Waals surface area contributed by atoms with Crippen LogP contribution in [-0.4, -0.2) is 147 Å². The molecule has 0 fully saturated rings. The molecule has 1 rings (SSSR count). The van der Waals surface area contributed by atoms with Gasteiger partial charge in [-0.25, -0.2) is 4.98 Å². The van der Waals surface area contributed by atoms with E-state index in [1.807, 2.05) is 0 Å². The van der Waals surface area contributed by atoms with Crippen molar-refractivity contribution in [2.45, 2.75) is 56.6 Å². The van der Waals surface area contributed by atoms with E-state index in [0.29, 0.717) is 5.69 Å². The highest BCUT2D eigenvalue weighted by molar-refractivity contribution is 5.96. The number of aromatic nitrogens is 2. The van der Waals surface area contributed by atoms with Crippen molar-refractivity contribution < 1.29 is 58.8 Å². The summed E-state index contributed by atoms with van der Waals surface area (Å²) in [5.41, 5.74) is 5.59. The largest absolute Gasteiger partial charge is 0.480 e. The summed E-state index contributed by atoms with van der Waals surface area (Å²) in [4.78, 5) is 104. The van der Waals surface area contributed by atoms with Crippen LogP contribution < -0.4 is 43.0 Å². The predicted molar refractivity (Wildman–Crippen MR) is 156 cm³/mol. The molecule has 1 aromatic rings. The lowest BCUT2D eigenvalue weighted by molar-refractivity contribution is -0.138. The molecule has 0 saturated carbocycles. The van der Waals surface area contributed by atoms with Gasteiger partial charge in [0.05, 0.1) is 38.7 Å². The Morgan fingerprint density at radius 3 is 1.87 bits per heavy atom. The third-order valence-corrected chi connectivity index (χ3v) is 6.12. The van der Waals surface area contributed by atoms with Crippen molar-refractivity contribution in [1.29, 1.82) is 0 Å². The maximum Gasteiger partial charge on any atom is 0.322 e. The lowest BCUT2D eigenvalue weighted by Crippen LogP contribution is -2.60. The number of nitrogens with one attached hydrogen (secondary N) is 8. The predicted octanol–water partition coefficient (Wildman–Crippen LogP) is -7.96. The van der Waals surface area contributed by atoms with Gasteiger partial charge in [0.1, 0.15) is 36.8 Å². The lowest BCUT2D eigenvalue weighted by Gasteiger charge is -2.24. The van der Waals surface area contributed by atoms with Crippen LogP contribution >= 0.6 is 0 Å². The van der Waals surface area contributed by atoms with E-state index in [1.54, 1.807) is 0 Å². The number of hydrogen-bond donors (Lipinski definition) is 13. The van der Waals surface area contributed by atoms with E-state index < -0.39 is 116 Å². The van der Waals surface area contributed by atoms with Gasteiger partial charge in [0.2, 0.25) is 41.4 Å². The molecule has 14 N–H and O–H groups in total. The Morgan fingerprint density at radius 2 is 1.34 bits per heavy atom. The smallest absolute Gasteiger partial charge is 0.322 e. The summed E-state index contributed by atoms with van der Waals surface area (Å²) < 4.78 is 0. The molecule has 7 amide bonds. The molecular weight excluding hydrogens is 632 g/mol. The highest BCUT2D eigenvalue weighted by atomic mass is 16.4. The highest BCUT2D eigenvalue weighted by Gasteiger charge is 2.30. The number of nitrogens with zero attached hydrogens (tertiary/aromatic N) is 1. The summed E-state index contributed by atoms with van der Waals surface area (Å²) in [5.74, 6) is -7.95. The van der Waals surface area contributed by atoms with Crippen molar-refractivity contribution >= 4 is 47.3 Å². The van der Waals surface area contributed by atoms with E-state index in [2.05, 4.69) is 47.2 Å². The van der Waals surface area contributed by atoms with Crippen LogP contribution in [0, 0.1) is 0 Å². The number of amides is 7. The van der Waals surface area contributed by atoms with Gasteiger partial charge >= 0.3 is 5.97 Å². The number of H-pyrrole nitrogens is 1. The molecule has 0 saturated heterocycles. The van der Waals surface area contributed by atoms with Gasteiger partial charge in [0.25, 0.3) is 0 Å². The van der Waals surface area contributed by atoms with Gasteiger partial charge in [0.15, 0.2) is 0 Å². The second-order valence-electron chi connectivity index (χ2n) is 9.94. The lowest BCUT2D eigenvalue weighted by atomic mass is 10.1. The number of rotatable bonds is 20. The Labute approximate surface area is 267 Å². The number of aliphatic hydroxyl groups excluding tert-OH is 3. The summed E-state index contributed by atoms with van der Waals surface area (Å²) in [5, 5.41) is 53.0.